The molecule has 0 radical (unpaired) electrons. The lowest BCUT2D eigenvalue weighted by Gasteiger charge is -2.32. The average molecular weight is 261 g/mol. The molecule has 2 heterocycles. The van der Waals surface area contributed by atoms with Crippen molar-refractivity contribution < 1.29 is 4.79 Å². The second-order valence-electron chi connectivity index (χ2n) is 5.62. The Labute approximate surface area is 114 Å². The third-order valence-corrected chi connectivity index (χ3v) is 4.54. The number of aromatic nitrogens is 1. The first-order valence-corrected chi connectivity index (χ1v) is 7.49. The highest BCUT2D eigenvalue weighted by Gasteiger charge is 2.29. The predicted molar refractivity (Wildman–Crippen MR) is 75.3 cm³/mol. The van der Waals surface area contributed by atoms with Crippen molar-refractivity contribution in [3.8, 4) is 0 Å². The molecule has 1 unspecified atom stereocenters. The van der Waals surface area contributed by atoms with Gasteiger partial charge in [0.15, 0.2) is 0 Å². The monoisotopic (exact) mass is 261 g/mol. The lowest BCUT2D eigenvalue weighted by molar-refractivity contribution is 0.0686. The molecule has 104 valence electrons. The summed E-state index contributed by atoms with van der Waals surface area (Å²) in [5, 5.41) is 3.35. The zero-order valence-corrected chi connectivity index (χ0v) is 11.6. The zero-order valence-electron chi connectivity index (χ0n) is 11.6. The predicted octanol–water partition coefficient (Wildman–Crippen LogP) is 2.04. The Bertz CT molecular complexity index is 444. The fourth-order valence-electron chi connectivity index (χ4n) is 3.18. The highest BCUT2D eigenvalue weighted by atomic mass is 16.2. The summed E-state index contributed by atoms with van der Waals surface area (Å²) in [5.41, 5.74) is 0.874. The minimum Gasteiger partial charge on any atom is -0.340 e. The normalized spacial score (nSPS) is 23.3. The summed E-state index contributed by atoms with van der Waals surface area (Å²) in [6, 6.07) is 4.90. The van der Waals surface area contributed by atoms with Crippen molar-refractivity contribution >= 4 is 5.91 Å². The maximum Gasteiger partial charge on any atom is 0.270 e. The topological polar surface area (TPSA) is 37.3 Å². The van der Waals surface area contributed by atoms with E-state index in [4.69, 9.17) is 0 Å². The fourth-order valence-corrected chi connectivity index (χ4v) is 3.18. The summed E-state index contributed by atoms with van der Waals surface area (Å²) in [6.45, 7) is 4.83. The van der Waals surface area contributed by atoms with Crippen LogP contribution in [0.3, 0.4) is 0 Å². The van der Waals surface area contributed by atoms with Crippen molar-refractivity contribution in [3.63, 3.8) is 0 Å². The largest absolute Gasteiger partial charge is 0.340 e. The van der Waals surface area contributed by atoms with E-state index in [1.165, 1.54) is 19.3 Å². The third-order valence-electron chi connectivity index (χ3n) is 4.54. The van der Waals surface area contributed by atoms with Crippen LogP contribution < -0.4 is 5.32 Å². The summed E-state index contributed by atoms with van der Waals surface area (Å²) in [4.78, 5) is 14.8. The van der Waals surface area contributed by atoms with Crippen molar-refractivity contribution in [1.82, 2.24) is 14.8 Å². The molecule has 19 heavy (non-hydrogen) atoms. The van der Waals surface area contributed by atoms with Gasteiger partial charge in [-0.1, -0.05) is 0 Å². The lowest BCUT2D eigenvalue weighted by Crippen LogP contribution is -2.42. The minimum absolute atomic E-state index is 0.202. The number of likely N-dealkylation sites (N-methyl/N-ethyl adjacent to an activating group) is 1. The SMILES string of the molecule is CCN(C(=O)c1cccn1C1CCC1)C1CCNC1. The van der Waals surface area contributed by atoms with Crippen LogP contribution in [-0.4, -0.2) is 41.1 Å². The van der Waals surface area contributed by atoms with Gasteiger partial charge in [0.25, 0.3) is 5.91 Å². The molecule has 2 fully saturated rings. The van der Waals surface area contributed by atoms with Gasteiger partial charge in [-0.3, -0.25) is 4.79 Å². The molecule has 4 heteroatoms. The summed E-state index contributed by atoms with van der Waals surface area (Å²) >= 11 is 0. The van der Waals surface area contributed by atoms with Gasteiger partial charge < -0.3 is 14.8 Å². The van der Waals surface area contributed by atoms with Crippen molar-refractivity contribution in [2.45, 2.75) is 44.7 Å². The number of amides is 1. The fraction of sp³-hybridized carbons (Fsp3) is 0.667. The summed E-state index contributed by atoms with van der Waals surface area (Å²) in [6.07, 6.45) is 6.86. The number of carbonyl (C=O) groups is 1. The molecular weight excluding hydrogens is 238 g/mol. The van der Waals surface area contributed by atoms with Gasteiger partial charge in [-0.2, -0.15) is 0 Å². The molecule has 2 aliphatic rings. The number of hydrogen-bond donors (Lipinski definition) is 1. The molecule has 0 spiro atoms. The van der Waals surface area contributed by atoms with Crippen molar-refractivity contribution in [2.75, 3.05) is 19.6 Å². The highest BCUT2D eigenvalue weighted by Crippen LogP contribution is 2.33. The molecule has 1 saturated heterocycles. The minimum atomic E-state index is 0.202. The molecular formula is C15H23N3O. The van der Waals surface area contributed by atoms with Crippen LogP contribution in [0.15, 0.2) is 18.3 Å². The molecule has 1 N–H and O–H groups in total. The van der Waals surface area contributed by atoms with Crippen molar-refractivity contribution in [3.05, 3.63) is 24.0 Å². The zero-order chi connectivity index (χ0) is 13.2. The lowest BCUT2D eigenvalue weighted by atomic mass is 9.93. The van der Waals surface area contributed by atoms with Crippen molar-refractivity contribution in [1.29, 1.82) is 0 Å². The van der Waals surface area contributed by atoms with Crippen LogP contribution in [0.4, 0.5) is 0 Å². The number of rotatable bonds is 4. The molecule has 1 aliphatic heterocycles. The van der Waals surface area contributed by atoms with Crippen LogP contribution in [0.1, 0.15) is 49.1 Å². The quantitative estimate of drug-likeness (QED) is 0.900. The molecule has 1 aromatic heterocycles. The standard InChI is InChI=1S/C15H23N3O/c1-2-17(13-8-9-16-11-13)15(19)14-7-4-10-18(14)12-5-3-6-12/h4,7,10,12-13,16H,2-3,5-6,8-9,11H2,1H3. The molecule has 1 saturated carbocycles. The number of nitrogens with one attached hydrogen (secondary N) is 1. The second-order valence-corrected chi connectivity index (χ2v) is 5.62. The van der Waals surface area contributed by atoms with Gasteiger partial charge in [0.2, 0.25) is 0 Å². The van der Waals surface area contributed by atoms with Crippen LogP contribution in [0.5, 0.6) is 0 Å². The Morgan fingerprint density at radius 2 is 2.32 bits per heavy atom. The van der Waals surface area contributed by atoms with Gasteiger partial charge in [-0.05, 0) is 51.3 Å². The maximum absolute atomic E-state index is 12.8. The number of carbonyl (C=O) groups excluding carboxylic acids is 1. The van der Waals surface area contributed by atoms with Gasteiger partial charge in [0.1, 0.15) is 5.69 Å². The van der Waals surface area contributed by atoms with Gasteiger partial charge in [0.05, 0.1) is 0 Å². The van der Waals surface area contributed by atoms with Crippen molar-refractivity contribution in [2.24, 2.45) is 0 Å². The molecule has 1 amide bonds. The van der Waals surface area contributed by atoms with E-state index in [2.05, 4.69) is 23.0 Å². The van der Waals surface area contributed by atoms with E-state index < -0.39 is 0 Å². The van der Waals surface area contributed by atoms with Gasteiger partial charge >= 0.3 is 0 Å². The van der Waals surface area contributed by atoms with Crippen LogP contribution >= 0.6 is 0 Å². The van der Waals surface area contributed by atoms with E-state index >= 15 is 0 Å². The van der Waals surface area contributed by atoms with E-state index in [1.54, 1.807) is 0 Å². The van der Waals surface area contributed by atoms with Crippen LogP contribution in [0.2, 0.25) is 0 Å². The Balaban J connectivity index is 1.79. The smallest absolute Gasteiger partial charge is 0.270 e. The molecule has 4 nitrogen and oxygen atoms in total. The Morgan fingerprint density at radius 3 is 2.89 bits per heavy atom. The molecule has 1 aromatic rings. The van der Waals surface area contributed by atoms with Gasteiger partial charge in [-0.25, -0.2) is 0 Å². The van der Waals surface area contributed by atoms with Gasteiger partial charge in [-0.15, -0.1) is 0 Å². The highest BCUT2D eigenvalue weighted by molar-refractivity contribution is 5.93. The van der Waals surface area contributed by atoms with Crippen LogP contribution in [0, 0.1) is 0 Å². The van der Waals surface area contributed by atoms with E-state index in [0.29, 0.717) is 12.1 Å². The molecule has 3 rings (SSSR count). The Kier molecular flexibility index (Phi) is 3.60. The summed E-state index contributed by atoms with van der Waals surface area (Å²) in [7, 11) is 0. The second kappa shape index (κ2) is 5.37. The first kappa shape index (κ1) is 12.7. The first-order valence-electron chi connectivity index (χ1n) is 7.49. The molecule has 1 aliphatic carbocycles. The molecule has 1 atom stereocenters. The first-order chi connectivity index (χ1) is 9.31. The number of hydrogen-bond acceptors (Lipinski definition) is 2. The van der Waals surface area contributed by atoms with E-state index in [9.17, 15) is 4.79 Å². The van der Waals surface area contributed by atoms with E-state index in [-0.39, 0.29) is 5.91 Å². The van der Waals surface area contributed by atoms with E-state index in [1.807, 2.05) is 17.0 Å². The molecule has 0 bridgehead atoms. The van der Waals surface area contributed by atoms with E-state index in [0.717, 1.165) is 31.7 Å². The Hall–Kier alpha value is -1.29. The number of nitrogens with zero attached hydrogens (tertiary/aromatic N) is 2. The molecule has 0 aromatic carbocycles. The Morgan fingerprint density at radius 1 is 1.47 bits per heavy atom. The summed E-state index contributed by atoms with van der Waals surface area (Å²) < 4.78 is 2.19. The maximum atomic E-state index is 12.8. The van der Waals surface area contributed by atoms with Gasteiger partial charge in [0, 0.05) is 31.4 Å². The van der Waals surface area contributed by atoms with Crippen LogP contribution in [0.25, 0.3) is 0 Å². The third kappa shape index (κ3) is 2.29. The summed E-state index contributed by atoms with van der Waals surface area (Å²) in [5.74, 6) is 0.202. The van der Waals surface area contributed by atoms with Crippen LogP contribution in [-0.2, 0) is 0 Å². The average Bonchev–Trinajstić information content (AvgIpc) is 2.98.